The minimum atomic E-state index is -0.303. The molecule has 0 unspecified atom stereocenters. The third kappa shape index (κ3) is 2.09. The third-order valence-corrected chi connectivity index (χ3v) is 1.21. The molecule has 0 aromatic carbocycles. The molecule has 0 N–H and O–H groups in total. The molecule has 56 valence electrons. The van der Waals surface area contributed by atoms with Gasteiger partial charge in [-0.15, -0.1) is 0 Å². The number of hydrogen-bond acceptors (Lipinski definition) is 3. The van der Waals surface area contributed by atoms with Crippen molar-refractivity contribution in [3.8, 4) is 0 Å². The zero-order valence-electron chi connectivity index (χ0n) is 5.92. The van der Waals surface area contributed by atoms with Crippen LogP contribution in [-0.2, 0) is 14.3 Å². The Morgan fingerprint density at radius 2 is 2.60 bits per heavy atom. The van der Waals surface area contributed by atoms with Crippen LogP contribution in [0.3, 0.4) is 0 Å². The van der Waals surface area contributed by atoms with Gasteiger partial charge < -0.3 is 9.47 Å². The second-order valence-corrected chi connectivity index (χ2v) is 2.15. The summed E-state index contributed by atoms with van der Waals surface area (Å²) in [6.45, 7) is 2.11. The summed E-state index contributed by atoms with van der Waals surface area (Å²) in [4.78, 5) is 10.3. The van der Waals surface area contributed by atoms with Gasteiger partial charge in [0.05, 0.1) is 6.61 Å². The summed E-state index contributed by atoms with van der Waals surface area (Å²) in [6.07, 6.45) is 3.29. The number of allylic oxidation sites excluding steroid dienone is 1. The van der Waals surface area contributed by atoms with E-state index < -0.39 is 0 Å². The maximum atomic E-state index is 10.3. The fraction of sp³-hybridized carbons (Fsp3) is 0.571. The van der Waals surface area contributed by atoms with Crippen molar-refractivity contribution in [2.24, 2.45) is 0 Å². The van der Waals surface area contributed by atoms with Gasteiger partial charge in [-0.3, -0.25) is 4.79 Å². The van der Waals surface area contributed by atoms with Gasteiger partial charge in [-0.05, 0) is 6.42 Å². The van der Waals surface area contributed by atoms with Crippen LogP contribution in [0, 0.1) is 0 Å². The molecule has 3 heteroatoms. The zero-order valence-corrected chi connectivity index (χ0v) is 5.92. The highest BCUT2D eigenvalue weighted by atomic mass is 16.5. The van der Waals surface area contributed by atoms with Gasteiger partial charge in [-0.2, -0.15) is 0 Å². The van der Waals surface area contributed by atoms with E-state index in [1.165, 1.54) is 13.2 Å². The molecule has 3 nitrogen and oxygen atoms in total. The van der Waals surface area contributed by atoms with Gasteiger partial charge in [0, 0.05) is 13.3 Å². The number of carbonyl (C=O) groups excluding carboxylic acids is 1. The number of esters is 1. The standard InChI is InChI=1S/C7H10O3/c1-6(8)10-5-7-3-2-4-9-7/h5H,2-4H2,1H3/b7-5+. The fourth-order valence-electron chi connectivity index (χ4n) is 0.763. The van der Waals surface area contributed by atoms with Gasteiger partial charge in [-0.1, -0.05) is 0 Å². The van der Waals surface area contributed by atoms with Crippen molar-refractivity contribution in [1.29, 1.82) is 0 Å². The Hall–Kier alpha value is -0.990. The molecular formula is C7H10O3. The molecule has 0 amide bonds. The van der Waals surface area contributed by atoms with E-state index in [-0.39, 0.29) is 5.97 Å². The number of carbonyl (C=O) groups is 1. The van der Waals surface area contributed by atoms with Gasteiger partial charge in [0.1, 0.15) is 12.0 Å². The van der Waals surface area contributed by atoms with E-state index in [2.05, 4.69) is 4.74 Å². The minimum Gasteiger partial charge on any atom is -0.495 e. The molecule has 1 heterocycles. The lowest BCUT2D eigenvalue weighted by molar-refractivity contribution is -0.135. The minimum absolute atomic E-state index is 0.303. The Kier molecular flexibility index (Phi) is 2.31. The van der Waals surface area contributed by atoms with E-state index in [1.807, 2.05) is 0 Å². The highest BCUT2D eigenvalue weighted by Crippen LogP contribution is 2.15. The van der Waals surface area contributed by atoms with Gasteiger partial charge >= 0.3 is 5.97 Å². The molecule has 0 saturated carbocycles. The molecule has 0 spiro atoms. The van der Waals surface area contributed by atoms with E-state index in [4.69, 9.17) is 4.74 Å². The SMILES string of the molecule is CC(=O)O/C=C1\CCCO1. The summed E-state index contributed by atoms with van der Waals surface area (Å²) >= 11 is 0. The van der Waals surface area contributed by atoms with E-state index in [0.717, 1.165) is 25.2 Å². The summed E-state index contributed by atoms with van der Waals surface area (Å²) in [5, 5.41) is 0. The molecule has 1 saturated heterocycles. The number of rotatable bonds is 1. The lowest BCUT2D eigenvalue weighted by Crippen LogP contribution is -1.91. The molecular weight excluding hydrogens is 132 g/mol. The topological polar surface area (TPSA) is 35.5 Å². The van der Waals surface area contributed by atoms with Crippen LogP contribution < -0.4 is 0 Å². The van der Waals surface area contributed by atoms with E-state index in [0.29, 0.717) is 0 Å². The maximum Gasteiger partial charge on any atom is 0.307 e. The lowest BCUT2D eigenvalue weighted by Gasteiger charge is -1.96. The average Bonchev–Trinajstić information content (AvgIpc) is 2.34. The van der Waals surface area contributed by atoms with Gasteiger partial charge in [0.2, 0.25) is 0 Å². The summed E-state index contributed by atoms with van der Waals surface area (Å²) < 4.78 is 9.69. The molecule has 0 radical (unpaired) electrons. The van der Waals surface area contributed by atoms with Gasteiger partial charge in [-0.25, -0.2) is 0 Å². The second kappa shape index (κ2) is 3.25. The van der Waals surface area contributed by atoms with Crippen LogP contribution in [0.15, 0.2) is 12.0 Å². The Morgan fingerprint density at radius 3 is 3.10 bits per heavy atom. The highest BCUT2D eigenvalue weighted by Gasteiger charge is 2.07. The predicted octanol–water partition coefficient (Wildman–Crippen LogP) is 1.20. The Labute approximate surface area is 59.6 Å². The van der Waals surface area contributed by atoms with Crippen LogP contribution >= 0.6 is 0 Å². The quantitative estimate of drug-likeness (QED) is 0.407. The van der Waals surface area contributed by atoms with Crippen LogP contribution in [0.5, 0.6) is 0 Å². The second-order valence-electron chi connectivity index (χ2n) is 2.15. The number of ether oxygens (including phenoxy) is 2. The predicted molar refractivity (Wildman–Crippen MR) is 35.0 cm³/mol. The van der Waals surface area contributed by atoms with Crippen molar-refractivity contribution in [3.05, 3.63) is 12.0 Å². The molecule has 1 aliphatic rings. The Balaban J connectivity index is 2.31. The van der Waals surface area contributed by atoms with Crippen molar-refractivity contribution in [2.45, 2.75) is 19.8 Å². The zero-order chi connectivity index (χ0) is 7.40. The van der Waals surface area contributed by atoms with E-state index in [9.17, 15) is 4.79 Å². The molecule has 0 aliphatic carbocycles. The van der Waals surface area contributed by atoms with Crippen molar-refractivity contribution >= 4 is 5.97 Å². The van der Waals surface area contributed by atoms with Crippen LogP contribution in [0.1, 0.15) is 19.8 Å². The molecule has 10 heavy (non-hydrogen) atoms. The van der Waals surface area contributed by atoms with E-state index in [1.54, 1.807) is 0 Å². The number of hydrogen-bond donors (Lipinski definition) is 0. The lowest BCUT2D eigenvalue weighted by atomic mass is 10.3. The molecule has 0 bridgehead atoms. The van der Waals surface area contributed by atoms with Crippen LogP contribution in [-0.4, -0.2) is 12.6 Å². The van der Waals surface area contributed by atoms with Crippen LogP contribution in [0.4, 0.5) is 0 Å². The van der Waals surface area contributed by atoms with Crippen molar-refractivity contribution in [2.75, 3.05) is 6.61 Å². The molecule has 1 aliphatic heterocycles. The highest BCUT2D eigenvalue weighted by molar-refractivity contribution is 5.66. The molecule has 0 atom stereocenters. The Bertz CT molecular complexity index is 152. The van der Waals surface area contributed by atoms with Gasteiger partial charge in [0.25, 0.3) is 0 Å². The first-order chi connectivity index (χ1) is 4.79. The fourth-order valence-corrected chi connectivity index (χ4v) is 0.763. The first kappa shape index (κ1) is 7.12. The smallest absolute Gasteiger partial charge is 0.307 e. The van der Waals surface area contributed by atoms with Crippen molar-refractivity contribution in [1.82, 2.24) is 0 Å². The molecule has 1 fully saturated rings. The average molecular weight is 142 g/mol. The van der Waals surface area contributed by atoms with E-state index >= 15 is 0 Å². The summed E-state index contributed by atoms with van der Waals surface area (Å²) in [5.74, 6) is 0.471. The monoisotopic (exact) mass is 142 g/mol. The van der Waals surface area contributed by atoms with Crippen LogP contribution in [0.25, 0.3) is 0 Å². The summed E-state index contributed by atoms with van der Waals surface area (Å²) in [5.41, 5.74) is 0. The summed E-state index contributed by atoms with van der Waals surface area (Å²) in [6, 6.07) is 0. The maximum absolute atomic E-state index is 10.3. The Morgan fingerprint density at radius 1 is 1.80 bits per heavy atom. The largest absolute Gasteiger partial charge is 0.495 e. The third-order valence-electron chi connectivity index (χ3n) is 1.21. The first-order valence-electron chi connectivity index (χ1n) is 3.28. The normalized spacial score (nSPS) is 20.7. The van der Waals surface area contributed by atoms with Gasteiger partial charge in [0.15, 0.2) is 0 Å². The molecule has 1 rings (SSSR count). The van der Waals surface area contributed by atoms with Crippen molar-refractivity contribution < 1.29 is 14.3 Å². The first-order valence-corrected chi connectivity index (χ1v) is 3.28. The molecule has 0 aromatic heterocycles. The molecule has 0 aromatic rings. The van der Waals surface area contributed by atoms with Crippen LogP contribution in [0.2, 0.25) is 0 Å². The summed E-state index contributed by atoms with van der Waals surface area (Å²) in [7, 11) is 0. The van der Waals surface area contributed by atoms with Crippen molar-refractivity contribution in [3.63, 3.8) is 0 Å².